The number of hydrogen-bond donors (Lipinski definition) is 0. The van der Waals surface area contributed by atoms with Crippen molar-refractivity contribution in [1.29, 1.82) is 0 Å². The van der Waals surface area contributed by atoms with Crippen molar-refractivity contribution in [1.82, 2.24) is 14.4 Å². The SMILES string of the molecule is COc1ccc(OCc2nc(-c3ccc(S(=O)(=O)N4CCOCC4)cc3)no2)cc1. The summed E-state index contributed by atoms with van der Waals surface area (Å²) in [6.07, 6.45) is 0. The van der Waals surface area contributed by atoms with Gasteiger partial charge in [0.05, 0.1) is 25.2 Å². The molecule has 1 saturated heterocycles. The minimum Gasteiger partial charge on any atom is -0.497 e. The number of hydrogen-bond acceptors (Lipinski definition) is 8. The number of aromatic nitrogens is 2. The number of methoxy groups -OCH3 is 1. The lowest BCUT2D eigenvalue weighted by Crippen LogP contribution is -2.40. The zero-order chi connectivity index (χ0) is 21.0. The van der Waals surface area contributed by atoms with E-state index in [9.17, 15) is 8.42 Å². The average Bonchev–Trinajstić information content (AvgIpc) is 3.28. The highest BCUT2D eigenvalue weighted by Crippen LogP contribution is 2.23. The molecule has 1 aromatic heterocycles. The van der Waals surface area contributed by atoms with Crippen molar-refractivity contribution in [3.05, 3.63) is 54.4 Å². The Morgan fingerprint density at radius 3 is 2.33 bits per heavy atom. The summed E-state index contributed by atoms with van der Waals surface area (Å²) >= 11 is 0. The van der Waals surface area contributed by atoms with Crippen molar-refractivity contribution in [2.75, 3.05) is 33.4 Å². The molecule has 3 aromatic rings. The van der Waals surface area contributed by atoms with Gasteiger partial charge in [-0.25, -0.2) is 8.42 Å². The van der Waals surface area contributed by atoms with Crippen LogP contribution in [0.1, 0.15) is 5.89 Å². The Morgan fingerprint density at radius 2 is 1.67 bits per heavy atom. The van der Waals surface area contributed by atoms with Gasteiger partial charge in [-0.15, -0.1) is 0 Å². The first-order valence-electron chi connectivity index (χ1n) is 9.34. The number of morpholine rings is 1. The van der Waals surface area contributed by atoms with Crippen LogP contribution in [0.3, 0.4) is 0 Å². The minimum absolute atomic E-state index is 0.114. The fourth-order valence-electron chi connectivity index (χ4n) is 2.96. The summed E-state index contributed by atoms with van der Waals surface area (Å²) in [5.74, 6) is 2.05. The molecule has 30 heavy (non-hydrogen) atoms. The van der Waals surface area contributed by atoms with E-state index in [0.29, 0.717) is 49.3 Å². The molecule has 158 valence electrons. The van der Waals surface area contributed by atoms with E-state index >= 15 is 0 Å². The van der Waals surface area contributed by atoms with Crippen LogP contribution in [0.15, 0.2) is 57.9 Å². The van der Waals surface area contributed by atoms with Crippen molar-refractivity contribution in [3.8, 4) is 22.9 Å². The highest BCUT2D eigenvalue weighted by atomic mass is 32.2. The lowest BCUT2D eigenvalue weighted by molar-refractivity contribution is 0.0730. The molecule has 2 heterocycles. The molecule has 10 heteroatoms. The normalized spacial score (nSPS) is 15.1. The largest absolute Gasteiger partial charge is 0.497 e. The van der Waals surface area contributed by atoms with Crippen LogP contribution in [0, 0.1) is 0 Å². The highest BCUT2D eigenvalue weighted by molar-refractivity contribution is 7.89. The van der Waals surface area contributed by atoms with Crippen LogP contribution in [0.5, 0.6) is 11.5 Å². The first kappa shape index (κ1) is 20.3. The zero-order valence-corrected chi connectivity index (χ0v) is 17.2. The van der Waals surface area contributed by atoms with Gasteiger partial charge in [0.1, 0.15) is 11.5 Å². The number of benzene rings is 2. The van der Waals surface area contributed by atoms with Crippen molar-refractivity contribution in [2.45, 2.75) is 11.5 Å². The molecule has 4 rings (SSSR count). The van der Waals surface area contributed by atoms with Crippen molar-refractivity contribution in [3.63, 3.8) is 0 Å². The average molecular weight is 431 g/mol. The smallest absolute Gasteiger partial charge is 0.264 e. The van der Waals surface area contributed by atoms with Gasteiger partial charge >= 0.3 is 0 Å². The zero-order valence-electron chi connectivity index (χ0n) is 16.4. The molecular formula is C20H21N3O6S. The van der Waals surface area contributed by atoms with E-state index < -0.39 is 10.0 Å². The van der Waals surface area contributed by atoms with Crippen LogP contribution >= 0.6 is 0 Å². The molecule has 0 bridgehead atoms. The summed E-state index contributed by atoms with van der Waals surface area (Å²) in [6, 6.07) is 13.6. The molecule has 0 atom stereocenters. The maximum atomic E-state index is 12.7. The maximum absolute atomic E-state index is 12.7. The van der Waals surface area contributed by atoms with Crippen LogP contribution in [-0.4, -0.2) is 56.3 Å². The Bertz CT molecular complexity index is 1070. The summed E-state index contributed by atoms with van der Waals surface area (Å²) in [4.78, 5) is 4.53. The van der Waals surface area contributed by atoms with E-state index in [1.807, 2.05) is 0 Å². The van der Waals surface area contributed by atoms with Gasteiger partial charge in [-0.05, 0) is 48.5 Å². The molecule has 1 aliphatic heterocycles. The van der Waals surface area contributed by atoms with E-state index in [0.717, 1.165) is 5.75 Å². The van der Waals surface area contributed by atoms with Crippen LogP contribution in [0.25, 0.3) is 11.4 Å². The van der Waals surface area contributed by atoms with Gasteiger partial charge in [-0.2, -0.15) is 9.29 Å². The van der Waals surface area contributed by atoms with Crippen molar-refractivity contribution in [2.24, 2.45) is 0 Å². The fourth-order valence-corrected chi connectivity index (χ4v) is 4.37. The lowest BCUT2D eigenvalue weighted by Gasteiger charge is -2.26. The first-order chi connectivity index (χ1) is 14.6. The van der Waals surface area contributed by atoms with E-state index in [1.54, 1.807) is 55.6 Å². The van der Waals surface area contributed by atoms with Gasteiger partial charge in [0.15, 0.2) is 6.61 Å². The molecule has 0 N–H and O–H groups in total. The second kappa shape index (κ2) is 8.82. The quantitative estimate of drug-likeness (QED) is 0.562. The highest BCUT2D eigenvalue weighted by Gasteiger charge is 2.26. The van der Waals surface area contributed by atoms with Crippen LogP contribution in [0.4, 0.5) is 0 Å². The van der Waals surface area contributed by atoms with Crippen molar-refractivity contribution >= 4 is 10.0 Å². The van der Waals surface area contributed by atoms with E-state index in [1.165, 1.54) is 4.31 Å². The number of rotatable bonds is 7. The van der Waals surface area contributed by atoms with Gasteiger partial charge in [-0.3, -0.25) is 0 Å². The molecule has 0 amide bonds. The van der Waals surface area contributed by atoms with Crippen LogP contribution in [0.2, 0.25) is 0 Å². The van der Waals surface area contributed by atoms with Crippen molar-refractivity contribution < 1.29 is 27.2 Å². The molecule has 9 nitrogen and oxygen atoms in total. The summed E-state index contributed by atoms with van der Waals surface area (Å²) in [5.41, 5.74) is 0.648. The third-order valence-corrected chi connectivity index (χ3v) is 6.52. The number of ether oxygens (including phenoxy) is 3. The van der Waals surface area contributed by atoms with Gasteiger partial charge < -0.3 is 18.7 Å². The molecule has 0 unspecified atom stereocenters. The molecule has 0 saturated carbocycles. The first-order valence-corrected chi connectivity index (χ1v) is 10.8. The standard InChI is InChI=1S/C20H21N3O6S/c1-26-16-4-6-17(7-5-16)28-14-19-21-20(22-29-19)15-2-8-18(9-3-15)30(24,25)23-10-12-27-13-11-23/h2-9H,10-14H2,1H3. The third-order valence-electron chi connectivity index (χ3n) is 4.61. The predicted octanol–water partition coefficient (Wildman–Crippen LogP) is 2.35. The number of sulfonamides is 1. The molecule has 1 fully saturated rings. The second-order valence-electron chi connectivity index (χ2n) is 6.52. The summed E-state index contributed by atoms with van der Waals surface area (Å²) in [7, 11) is -1.94. The Hall–Kier alpha value is -2.95. The molecular weight excluding hydrogens is 410 g/mol. The molecule has 0 aliphatic carbocycles. The lowest BCUT2D eigenvalue weighted by atomic mass is 10.2. The van der Waals surface area contributed by atoms with Gasteiger partial charge in [0.25, 0.3) is 5.89 Å². The fraction of sp³-hybridized carbons (Fsp3) is 0.300. The Labute approximate surface area is 174 Å². The van der Waals surface area contributed by atoms with Gasteiger partial charge in [0.2, 0.25) is 15.8 Å². The molecule has 0 radical (unpaired) electrons. The molecule has 2 aromatic carbocycles. The second-order valence-corrected chi connectivity index (χ2v) is 8.45. The number of nitrogens with zero attached hydrogens (tertiary/aromatic N) is 3. The van der Waals surface area contributed by atoms with Gasteiger partial charge in [-0.1, -0.05) is 5.16 Å². The van der Waals surface area contributed by atoms with E-state index in [2.05, 4.69) is 10.1 Å². The predicted molar refractivity (Wildman–Crippen MR) is 107 cm³/mol. The van der Waals surface area contributed by atoms with Crippen LogP contribution in [-0.2, 0) is 21.4 Å². The topological polar surface area (TPSA) is 104 Å². The van der Waals surface area contributed by atoms with Gasteiger partial charge in [0, 0.05) is 18.7 Å². The van der Waals surface area contributed by atoms with E-state index in [4.69, 9.17) is 18.7 Å². The Balaban J connectivity index is 1.41. The Kier molecular flexibility index (Phi) is 5.98. The summed E-state index contributed by atoms with van der Waals surface area (Å²) in [5, 5.41) is 3.95. The monoisotopic (exact) mass is 431 g/mol. The maximum Gasteiger partial charge on any atom is 0.264 e. The van der Waals surface area contributed by atoms with Crippen LogP contribution < -0.4 is 9.47 Å². The molecule has 1 aliphatic rings. The third kappa shape index (κ3) is 4.45. The van der Waals surface area contributed by atoms with E-state index in [-0.39, 0.29) is 11.5 Å². The molecule has 0 spiro atoms. The Morgan fingerprint density at radius 1 is 1.00 bits per heavy atom. The minimum atomic E-state index is -3.54. The summed E-state index contributed by atoms with van der Waals surface area (Å²) in [6.45, 7) is 1.63. The summed E-state index contributed by atoms with van der Waals surface area (Å²) < 4.78 is 48.0.